The largest absolute Gasteiger partial charge is 0.509 e. The number of hydrogen-bond acceptors (Lipinski definition) is 4. The second-order valence-corrected chi connectivity index (χ2v) is 7.96. The quantitative estimate of drug-likeness (QED) is 0.186. The van der Waals surface area contributed by atoms with Crippen LogP contribution in [-0.4, -0.2) is 33.7 Å². The molecule has 1 N–H and O–H groups in total. The number of ether oxygens (including phenoxy) is 2. The molecule has 5 nitrogen and oxygen atoms in total. The first kappa shape index (κ1) is 23.4. The maximum absolute atomic E-state index is 11.4. The Morgan fingerprint density at radius 1 is 1.04 bits per heavy atom. The Balaban J connectivity index is 3.83. The molecule has 1 atom stereocenters. The zero-order chi connectivity index (χ0) is 18.4. The number of aliphatic carboxylic acids is 1. The van der Waals surface area contributed by atoms with Crippen LogP contribution in [0.4, 0.5) is 4.79 Å². The number of unbranched alkanes of at least 4 members (excludes halogenated alkanes) is 7. The molecule has 0 radical (unpaired) electrons. The minimum Gasteiger partial charge on any atom is -0.479 e. The van der Waals surface area contributed by atoms with Crippen molar-refractivity contribution in [2.75, 3.05) is 6.61 Å². The number of hydrogen-bond donors (Lipinski definition) is 1. The van der Waals surface area contributed by atoms with Gasteiger partial charge in [0.2, 0.25) is 9.90 Å². The molecular weight excluding hydrogens is 379 g/mol. The summed E-state index contributed by atoms with van der Waals surface area (Å²) in [6.07, 6.45) is 7.98. The van der Waals surface area contributed by atoms with Gasteiger partial charge in [0, 0.05) is 0 Å². The van der Waals surface area contributed by atoms with Crippen LogP contribution >= 0.6 is 34.8 Å². The first-order valence-electron chi connectivity index (χ1n) is 8.00. The van der Waals surface area contributed by atoms with Gasteiger partial charge in [-0.2, -0.15) is 0 Å². The zero-order valence-corrected chi connectivity index (χ0v) is 15.9. The summed E-state index contributed by atoms with van der Waals surface area (Å²) < 4.78 is 7.52. The first-order chi connectivity index (χ1) is 11.3. The van der Waals surface area contributed by atoms with Crippen LogP contribution < -0.4 is 0 Å². The zero-order valence-electron chi connectivity index (χ0n) is 13.6. The fraction of sp³-hybridized carbons (Fsp3) is 0.750. The molecule has 0 aromatic heterocycles. The van der Waals surface area contributed by atoms with Crippen molar-refractivity contribution in [1.29, 1.82) is 0 Å². The SMILES string of the molecule is C=CCCCCCCCCCC(OC(=O)OCC(Cl)(Cl)Cl)C(=O)O. The third-order valence-corrected chi connectivity index (χ3v) is 3.57. The second kappa shape index (κ2) is 13.6. The van der Waals surface area contributed by atoms with Gasteiger partial charge in [0.1, 0.15) is 6.61 Å². The fourth-order valence-corrected chi connectivity index (χ4v) is 2.19. The van der Waals surface area contributed by atoms with Gasteiger partial charge in [-0.05, 0) is 25.7 Å². The van der Waals surface area contributed by atoms with Crippen LogP contribution in [0.25, 0.3) is 0 Å². The molecule has 0 spiro atoms. The Labute approximate surface area is 158 Å². The Morgan fingerprint density at radius 2 is 1.58 bits per heavy atom. The summed E-state index contributed by atoms with van der Waals surface area (Å²) in [5.41, 5.74) is 0. The summed E-state index contributed by atoms with van der Waals surface area (Å²) in [7, 11) is 0. The monoisotopic (exact) mass is 402 g/mol. The lowest BCUT2D eigenvalue weighted by Crippen LogP contribution is -2.29. The Bertz CT molecular complexity index is 382. The standard InChI is InChI=1S/C16H25Cl3O5/c1-2-3-4-5-6-7-8-9-10-11-13(14(20)21)24-15(22)23-12-16(17,18)19/h2,13H,1,3-12H2,(H,20,21). The van der Waals surface area contributed by atoms with Gasteiger partial charge in [0.25, 0.3) is 0 Å². The Hall–Kier alpha value is -0.650. The predicted molar refractivity (Wildman–Crippen MR) is 95.9 cm³/mol. The van der Waals surface area contributed by atoms with Crippen molar-refractivity contribution in [3.63, 3.8) is 0 Å². The lowest BCUT2D eigenvalue weighted by molar-refractivity contribution is -0.148. The highest BCUT2D eigenvalue weighted by Crippen LogP contribution is 2.26. The molecule has 24 heavy (non-hydrogen) atoms. The van der Waals surface area contributed by atoms with Gasteiger partial charge < -0.3 is 14.6 Å². The summed E-state index contributed by atoms with van der Waals surface area (Å²) in [5, 5.41) is 9.05. The molecule has 0 rings (SSSR count). The fourth-order valence-electron chi connectivity index (χ4n) is 2.03. The number of allylic oxidation sites excluding steroid dienone is 1. The molecule has 0 heterocycles. The molecular formula is C16H25Cl3O5. The van der Waals surface area contributed by atoms with Crippen molar-refractivity contribution in [2.45, 2.75) is 67.7 Å². The van der Waals surface area contributed by atoms with Crippen LogP contribution in [0, 0.1) is 0 Å². The number of carboxylic acids is 1. The van der Waals surface area contributed by atoms with Crippen LogP contribution in [0.2, 0.25) is 0 Å². The molecule has 0 aromatic rings. The van der Waals surface area contributed by atoms with Gasteiger partial charge >= 0.3 is 12.1 Å². The van der Waals surface area contributed by atoms with Gasteiger partial charge in [-0.15, -0.1) is 6.58 Å². The molecule has 0 aliphatic rings. The lowest BCUT2D eigenvalue weighted by Gasteiger charge is -2.15. The number of carboxylic acid groups (broad SMARTS) is 1. The van der Waals surface area contributed by atoms with E-state index in [0.29, 0.717) is 6.42 Å². The highest BCUT2D eigenvalue weighted by Gasteiger charge is 2.26. The van der Waals surface area contributed by atoms with Crippen LogP contribution in [0.3, 0.4) is 0 Å². The maximum atomic E-state index is 11.4. The Morgan fingerprint density at radius 3 is 2.08 bits per heavy atom. The normalized spacial score (nSPS) is 12.5. The number of carbonyl (C=O) groups is 2. The lowest BCUT2D eigenvalue weighted by atomic mass is 10.1. The van der Waals surface area contributed by atoms with Gasteiger partial charge in [-0.25, -0.2) is 9.59 Å². The molecule has 0 bridgehead atoms. The van der Waals surface area contributed by atoms with E-state index in [0.717, 1.165) is 38.5 Å². The van der Waals surface area contributed by atoms with E-state index in [1.54, 1.807) is 0 Å². The van der Waals surface area contributed by atoms with E-state index in [1.807, 2.05) is 6.08 Å². The summed E-state index contributed by atoms with van der Waals surface area (Å²) >= 11 is 16.3. The van der Waals surface area contributed by atoms with Crippen LogP contribution in [0.15, 0.2) is 12.7 Å². The van der Waals surface area contributed by atoms with Crippen molar-refractivity contribution in [3.8, 4) is 0 Å². The molecule has 0 aromatic carbocycles. The number of halogens is 3. The first-order valence-corrected chi connectivity index (χ1v) is 9.13. The third kappa shape index (κ3) is 14.9. The van der Waals surface area contributed by atoms with Crippen LogP contribution in [0.5, 0.6) is 0 Å². The van der Waals surface area contributed by atoms with E-state index in [4.69, 9.17) is 44.6 Å². The minimum atomic E-state index is -1.76. The maximum Gasteiger partial charge on any atom is 0.509 e. The van der Waals surface area contributed by atoms with E-state index in [9.17, 15) is 9.59 Å². The molecule has 8 heteroatoms. The van der Waals surface area contributed by atoms with Crippen molar-refractivity contribution in [1.82, 2.24) is 0 Å². The smallest absolute Gasteiger partial charge is 0.479 e. The second-order valence-electron chi connectivity index (χ2n) is 5.44. The molecule has 0 saturated carbocycles. The van der Waals surface area contributed by atoms with Crippen molar-refractivity contribution < 1.29 is 24.2 Å². The molecule has 0 amide bonds. The summed E-state index contributed by atoms with van der Waals surface area (Å²) in [4.78, 5) is 22.5. The molecule has 1 unspecified atom stereocenters. The van der Waals surface area contributed by atoms with E-state index in [2.05, 4.69) is 11.3 Å². The highest BCUT2D eigenvalue weighted by atomic mass is 35.6. The third-order valence-electron chi connectivity index (χ3n) is 3.24. The average molecular weight is 404 g/mol. The molecule has 0 saturated heterocycles. The van der Waals surface area contributed by atoms with E-state index in [-0.39, 0.29) is 6.42 Å². The van der Waals surface area contributed by atoms with E-state index in [1.165, 1.54) is 6.42 Å². The van der Waals surface area contributed by atoms with Gasteiger partial charge in [-0.3, -0.25) is 0 Å². The van der Waals surface area contributed by atoms with Crippen LogP contribution in [0.1, 0.15) is 57.8 Å². The molecule has 0 fully saturated rings. The van der Waals surface area contributed by atoms with E-state index >= 15 is 0 Å². The summed E-state index contributed by atoms with van der Waals surface area (Å²) in [5.74, 6) is -1.22. The van der Waals surface area contributed by atoms with E-state index < -0.39 is 28.6 Å². The minimum absolute atomic E-state index is 0.231. The van der Waals surface area contributed by atoms with Crippen molar-refractivity contribution >= 4 is 46.9 Å². The van der Waals surface area contributed by atoms with Crippen molar-refractivity contribution in [2.24, 2.45) is 0 Å². The van der Waals surface area contributed by atoms with Gasteiger partial charge in [-0.1, -0.05) is 73.0 Å². The summed E-state index contributed by atoms with van der Waals surface area (Å²) in [6, 6.07) is 0. The highest BCUT2D eigenvalue weighted by molar-refractivity contribution is 6.67. The topological polar surface area (TPSA) is 72.8 Å². The molecule has 140 valence electrons. The Kier molecular flexibility index (Phi) is 13.3. The van der Waals surface area contributed by atoms with Crippen LogP contribution in [-0.2, 0) is 14.3 Å². The molecule has 0 aliphatic carbocycles. The number of alkyl halides is 3. The predicted octanol–water partition coefficient (Wildman–Crippen LogP) is 5.66. The summed E-state index contributed by atoms with van der Waals surface area (Å²) in [6.45, 7) is 3.18. The number of carbonyl (C=O) groups excluding carboxylic acids is 1. The molecule has 0 aliphatic heterocycles. The van der Waals surface area contributed by atoms with Gasteiger partial charge in [0.05, 0.1) is 0 Å². The van der Waals surface area contributed by atoms with Crippen molar-refractivity contribution in [3.05, 3.63) is 12.7 Å². The van der Waals surface area contributed by atoms with Gasteiger partial charge in [0.15, 0.2) is 0 Å². The average Bonchev–Trinajstić information content (AvgIpc) is 2.49. The number of rotatable bonds is 13.